The van der Waals surface area contributed by atoms with Crippen LogP contribution in [0, 0.1) is 5.92 Å². The maximum atomic E-state index is 12.2. The average Bonchev–Trinajstić information content (AvgIpc) is 3.09. The van der Waals surface area contributed by atoms with Gasteiger partial charge in [0, 0.05) is 23.6 Å². The number of para-hydroxylation sites is 1. The van der Waals surface area contributed by atoms with Gasteiger partial charge in [-0.3, -0.25) is 14.7 Å². The molecule has 7 heteroatoms. The van der Waals surface area contributed by atoms with E-state index in [1.165, 1.54) is 6.20 Å². The van der Waals surface area contributed by atoms with Crippen LogP contribution in [0.1, 0.15) is 6.42 Å². The smallest absolute Gasteiger partial charge is 0.229 e. The van der Waals surface area contributed by atoms with Crippen molar-refractivity contribution >= 4 is 39.1 Å². The van der Waals surface area contributed by atoms with Crippen LogP contribution in [0.25, 0.3) is 0 Å². The molecule has 1 fully saturated rings. The number of benzene rings is 1. The number of anilines is 2. The van der Waals surface area contributed by atoms with Gasteiger partial charge in [0.15, 0.2) is 0 Å². The highest BCUT2D eigenvalue weighted by Crippen LogP contribution is 2.31. The Bertz CT molecular complexity index is 671. The lowest BCUT2D eigenvalue weighted by atomic mass is 10.1. The number of hydrogen-bond donors (Lipinski definition) is 2. The molecule has 2 amide bonds. The van der Waals surface area contributed by atoms with E-state index in [1.807, 2.05) is 24.3 Å². The number of amides is 2. The van der Waals surface area contributed by atoms with E-state index in [0.29, 0.717) is 12.2 Å². The van der Waals surface area contributed by atoms with Crippen LogP contribution >= 0.6 is 15.9 Å². The molecule has 1 atom stereocenters. The van der Waals surface area contributed by atoms with Gasteiger partial charge in [0.2, 0.25) is 11.8 Å². The third-order valence-corrected chi connectivity index (χ3v) is 4.08. The summed E-state index contributed by atoms with van der Waals surface area (Å²) in [6.45, 7) is 0.380. The Morgan fingerprint density at radius 3 is 2.95 bits per heavy atom. The van der Waals surface area contributed by atoms with Crippen LogP contribution in [0.15, 0.2) is 41.1 Å². The van der Waals surface area contributed by atoms with Gasteiger partial charge in [-0.1, -0.05) is 12.1 Å². The molecule has 0 spiro atoms. The molecule has 1 aliphatic rings. The highest BCUT2D eigenvalue weighted by atomic mass is 79.9. The second-order valence-corrected chi connectivity index (χ2v) is 5.69. The van der Waals surface area contributed by atoms with Crippen molar-refractivity contribution < 1.29 is 9.59 Å². The van der Waals surface area contributed by atoms with Gasteiger partial charge in [0.1, 0.15) is 0 Å². The van der Waals surface area contributed by atoms with Crippen molar-refractivity contribution in [3.63, 3.8) is 0 Å². The molecule has 0 aliphatic carbocycles. The van der Waals surface area contributed by atoms with Crippen LogP contribution in [0.5, 0.6) is 0 Å². The van der Waals surface area contributed by atoms with Crippen molar-refractivity contribution in [1.82, 2.24) is 10.2 Å². The maximum Gasteiger partial charge on any atom is 0.229 e. The minimum Gasteiger partial charge on any atom is -0.323 e. The molecule has 2 heterocycles. The predicted molar refractivity (Wildman–Crippen MR) is 81.8 cm³/mol. The van der Waals surface area contributed by atoms with Crippen molar-refractivity contribution in [2.45, 2.75) is 6.42 Å². The van der Waals surface area contributed by atoms with Crippen molar-refractivity contribution in [2.24, 2.45) is 5.92 Å². The van der Waals surface area contributed by atoms with Gasteiger partial charge in [0.05, 0.1) is 23.5 Å². The molecule has 21 heavy (non-hydrogen) atoms. The molecule has 6 nitrogen and oxygen atoms in total. The molecule has 108 valence electrons. The van der Waals surface area contributed by atoms with E-state index in [4.69, 9.17) is 0 Å². The number of carbonyl (C=O) groups excluding carboxylic acids is 2. The lowest BCUT2D eigenvalue weighted by Crippen LogP contribution is -2.28. The fourth-order valence-corrected chi connectivity index (χ4v) is 2.85. The SMILES string of the molecule is O=C(Nc1cn[nH]c1)[C@H]1CC(=O)N(c2ccccc2Br)C1. The van der Waals surface area contributed by atoms with Crippen LogP contribution in [0.3, 0.4) is 0 Å². The normalized spacial score (nSPS) is 18.0. The first-order valence-corrected chi connectivity index (χ1v) is 7.29. The quantitative estimate of drug-likeness (QED) is 0.892. The van der Waals surface area contributed by atoms with Gasteiger partial charge in [0.25, 0.3) is 0 Å². The molecule has 1 saturated heterocycles. The van der Waals surface area contributed by atoms with Crippen molar-refractivity contribution in [2.75, 3.05) is 16.8 Å². The zero-order chi connectivity index (χ0) is 14.8. The zero-order valence-corrected chi connectivity index (χ0v) is 12.6. The minimum absolute atomic E-state index is 0.0470. The van der Waals surface area contributed by atoms with Crippen LogP contribution in [-0.2, 0) is 9.59 Å². The summed E-state index contributed by atoms with van der Waals surface area (Å²) in [5.74, 6) is -0.576. The van der Waals surface area contributed by atoms with Gasteiger partial charge in [-0.05, 0) is 28.1 Å². The highest BCUT2D eigenvalue weighted by molar-refractivity contribution is 9.10. The summed E-state index contributed by atoms with van der Waals surface area (Å²) in [5.41, 5.74) is 1.40. The number of aromatic nitrogens is 2. The number of hydrogen-bond acceptors (Lipinski definition) is 3. The molecule has 0 saturated carbocycles. The summed E-state index contributed by atoms with van der Waals surface area (Å²) in [6, 6.07) is 7.49. The molecule has 0 unspecified atom stereocenters. The van der Waals surface area contributed by atoms with E-state index in [2.05, 4.69) is 31.4 Å². The topological polar surface area (TPSA) is 78.1 Å². The Kier molecular flexibility index (Phi) is 3.74. The molecule has 1 aromatic heterocycles. The summed E-state index contributed by atoms with van der Waals surface area (Å²) in [6.07, 6.45) is 3.34. The highest BCUT2D eigenvalue weighted by Gasteiger charge is 2.35. The summed E-state index contributed by atoms with van der Waals surface area (Å²) < 4.78 is 0.842. The first-order valence-electron chi connectivity index (χ1n) is 6.49. The standard InChI is InChI=1S/C14H13BrN4O2/c15-11-3-1-2-4-12(11)19-8-9(5-13(19)20)14(21)18-10-6-16-17-7-10/h1-4,6-7,9H,5,8H2,(H,16,17)(H,18,21)/t9-/m0/s1. The Hall–Kier alpha value is -2.15. The fraction of sp³-hybridized carbons (Fsp3) is 0.214. The van der Waals surface area contributed by atoms with Crippen LogP contribution in [0.4, 0.5) is 11.4 Å². The molecule has 3 rings (SSSR count). The van der Waals surface area contributed by atoms with Gasteiger partial charge in [-0.2, -0.15) is 5.10 Å². The summed E-state index contributed by atoms with van der Waals surface area (Å²) in [5, 5.41) is 9.14. The zero-order valence-electron chi connectivity index (χ0n) is 11.0. The summed E-state index contributed by atoms with van der Waals surface area (Å²) in [7, 11) is 0. The van der Waals surface area contributed by atoms with Crippen molar-refractivity contribution in [3.8, 4) is 0 Å². The summed E-state index contributed by atoms with van der Waals surface area (Å²) >= 11 is 3.43. The second-order valence-electron chi connectivity index (χ2n) is 4.83. The molecule has 0 bridgehead atoms. The Morgan fingerprint density at radius 1 is 1.43 bits per heavy atom. The second kappa shape index (κ2) is 5.69. The lowest BCUT2D eigenvalue weighted by molar-refractivity contribution is -0.122. The number of nitrogens with zero attached hydrogens (tertiary/aromatic N) is 2. The van der Waals surface area contributed by atoms with Gasteiger partial charge >= 0.3 is 0 Å². The lowest BCUT2D eigenvalue weighted by Gasteiger charge is -2.18. The number of halogens is 1. The van der Waals surface area contributed by atoms with Crippen molar-refractivity contribution in [1.29, 1.82) is 0 Å². The van der Waals surface area contributed by atoms with Crippen molar-refractivity contribution in [3.05, 3.63) is 41.1 Å². The fourth-order valence-electron chi connectivity index (χ4n) is 2.35. The average molecular weight is 349 g/mol. The minimum atomic E-state index is -0.362. The number of carbonyl (C=O) groups is 2. The molecule has 1 aliphatic heterocycles. The Labute approximate surface area is 129 Å². The van der Waals surface area contributed by atoms with E-state index in [0.717, 1.165) is 10.2 Å². The molecule has 2 N–H and O–H groups in total. The number of nitrogens with one attached hydrogen (secondary N) is 2. The first-order chi connectivity index (χ1) is 10.1. The largest absolute Gasteiger partial charge is 0.323 e. The van der Waals surface area contributed by atoms with Gasteiger partial charge < -0.3 is 10.2 Å². The number of rotatable bonds is 3. The number of aromatic amines is 1. The van der Waals surface area contributed by atoms with E-state index in [9.17, 15) is 9.59 Å². The molecule has 1 aromatic carbocycles. The van der Waals surface area contributed by atoms with E-state index >= 15 is 0 Å². The number of H-pyrrole nitrogens is 1. The molecule has 2 aromatic rings. The van der Waals surface area contributed by atoms with Gasteiger partial charge in [-0.15, -0.1) is 0 Å². The van der Waals surface area contributed by atoms with Gasteiger partial charge in [-0.25, -0.2) is 0 Å². The van der Waals surface area contributed by atoms with Crippen LogP contribution < -0.4 is 10.2 Å². The van der Waals surface area contributed by atoms with E-state index in [-0.39, 0.29) is 24.2 Å². The monoisotopic (exact) mass is 348 g/mol. The predicted octanol–water partition coefficient (Wildman–Crippen LogP) is 2.16. The van der Waals surface area contributed by atoms with E-state index < -0.39 is 0 Å². The third-order valence-electron chi connectivity index (χ3n) is 3.40. The maximum absolute atomic E-state index is 12.2. The Balaban J connectivity index is 1.73. The van der Waals surface area contributed by atoms with E-state index in [1.54, 1.807) is 11.1 Å². The van der Waals surface area contributed by atoms with Crippen LogP contribution in [0.2, 0.25) is 0 Å². The first kappa shape index (κ1) is 13.8. The Morgan fingerprint density at radius 2 is 2.24 bits per heavy atom. The summed E-state index contributed by atoms with van der Waals surface area (Å²) in [4.78, 5) is 26.0. The molecule has 0 radical (unpaired) electrons. The molecular weight excluding hydrogens is 336 g/mol. The molecular formula is C14H13BrN4O2. The third kappa shape index (κ3) is 2.82. The van der Waals surface area contributed by atoms with Crippen LogP contribution in [-0.4, -0.2) is 28.6 Å².